The van der Waals surface area contributed by atoms with Crippen LogP contribution in [0, 0.1) is 11.8 Å². The quantitative estimate of drug-likeness (QED) is 0.880. The summed E-state index contributed by atoms with van der Waals surface area (Å²) >= 11 is 0. The fraction of sp³-hybridized carbons (Fsp3) is 0.688. The topological polar surface area (TPSA) is 48.1 Å². The molecule has 3 nitrogen and oxygen atoms in total. The van der Waals surface area contributed by atoms with Gasteiger partial charge in [0.25, 0.3) is 0 Å². The van der Waals surface area contributed by atoms with Crippen LogP contribution in [0.2, 0.25) is 0 Å². The number of aromatic nitrogens is 1. The molecule has 1 aromatic rings. The van der Waals surface area contributed by atoms with Crippen LogP contribution in [0.4, 0.5) is 0 Å². The lowest BCUT2D eigenvalue weighted by molar-refractivity contribution is 0.230. The van der Waals surface area contributed by atoms with Gasteiger partial charge in [-0.1, -0.05) is 32.6 Å². The third-order valence-electron chi connectivity index (χ3n) is 4.43. The molecule has 1 heterocycles. The van der Waals surface area contributed by atoms with Gasteiger partial charge in [0.05, 0.1) is 18.8 Å². The third-order valence-corrected chi connectivity index (χ3v) is 4.43. The van der Waals surface area contributed by atoms with E-state index in [1.165, 1.54) is 38.5 Å². The van der Waals surface area contributed by atoms with Gasteiger partial charge in [0.1, 0.15) is 5.75 Å². The van der Waals surface area contributed by atoms with Crippen molar-refractivity contribution in [3.8, 4) is 5.75 Å². The van der Waals surface area contributed by atoms with Gasteiger partial charge in [-0.15, -0.1) is 0 Å². The van der Waals surface area contributed by atoms with Gasteiger partial charge >= 0.3 is 0 Å². The molecule has 0 spiro atoms. The first-order valence-corrected chi connectivity index (χ1v) is 7.50. The average molecular weight is 262 g/mol. The van der Waals surface area contributed by atoms with Crippen molar-refractivity contribution >= 4 is 0 Å². The maximum absolute atomic E-state index is 6.42. The van der Waals surface area contributed by atoms with Gasteiger partial charge in [0.15, 0.2) is 0 Å². The minimum atomic E-state index is 0.0127. The average Bonchev–Trinajstić information content (AvgIpc) is 2.47. The number of ether oxygens (including phenoxy) is 1. The van der Waals surface area contributed by atoms with Crippen LogP contribution in [0.25, 0.3) is 0 Å². The van der Waals surface area contributed by atoms with E-state index in [2.05, 4.69) is 11.9 Å². The Morgan fingerprint density at radius 3 is 2.74 bits per heavy atom. The third kappa shape index (κ3) is 3.47. The van der Waals surface area contributed by atoms with Crippen molar-refractivity contribution in [1.29, 1.82) is 0 Å². The molecule has 0 saturated heterocycles. The highest BCUT2D eigenvalue weighted by molar-refractivity contribution is 5.29. The van der Waals surface area contributed by atoms with Crippen LogP contribution < -0.4 is 10.5 Å². The summed E-state index contributed by atoms with van der Waals surface area (Å²) in [6.45, 7) is 2.27. The van der Waals surface area contributed by atoms with E-state index < -0.39 is 0 Å². The molecule has 2 N–H and O–H groups in total. The number of pyridine rings is 1. The zero-order valence-electron chi connectivity index (χ0n) is 12.1. The minimum absolute atomic E-state index is 0.0127. The standard InChI is InChI=1S/C16H26N2O/c1-3-5-12-7-9-13(10-8-12)15(17)16-14(19-2)6-4-11-18-16/h4,6,11-13,15H,3,5,7-10,17H2,1-2H3. The second-order valence-corrected chi connectivity index (χ2v) is 5.69. The summed E-state index contributed by atoms with van der Waals surface area (Å²) in [7, 11) is 1.69. The zero-order valence-corrected chi connectivity index (χ0v) is 12.1. The van der Waals surface area contributed by atoms with E-state index in [4.69, 9.17) is 10.5 Å². The number of nitrogens with two attached hydrogens (primary N) is 1. The predicted molar refractivity (Wildman–Crippen MR) is 78.1 cm³/mol. The Balaban J connectivity index is 1.99. The van der Waals surface area contributed by atoms with Crippen LogP contribution in [-0.4, -0.2) is 12.1 Å². The Kier molecular flexibility index (Phi) is 5.20. The largest absolute Gasteiger partial charge is 0.495 e. The molecule has 1 aliphatic rings. The summed E-state index contributed by atoms with van der Waals surface area (Å²) in [4.78, 5) is 4.43. The van der Waals surface area contributed by atoms with Crippen LogP contribution in [-0.2, 0) is 0 Å². The molecule has 19 heavy (non-hydrogen) atoms. The number of nitrogens with zero attached hydrogens (tertiary/aromatic N) is 1. The summed E-state index contributed by atoms with van der Waals surface area (Å²) < 4.78 is 5.37. The molecular formula is C16H26N2O. The SMILES string of the molecule is CCCC1CCC(C(N)c2ncccc2OC)CC1. The number of rotatable bonds is 5. The van der Waals surface area contributed by atoms with E-state index in [1.807, 2.05) is 12.1 Å². The lowest BCUT2D eigenvalue weighted by Crippen LogP contribution is -2.27. The predicted octanol–water partition coefficient (Wildman–Crippen LogP) is 3.70. The van der Waals surface area contributed by atoms with E-state index in [1.54, 1.807) is 13.3 Å². The van der Waals surface area contributed by atoms with Crippen molar-refractivity contribution in [2.45, 2.75) is 51.5 Å². The number of hydrogen-bond donors (Lipinski definition) is 1. The van der Waals surface area contributed by atoms with Crippen LogP contribution >= 0.6 is 0 Å². The number of hydrogen-bond acceptors (Lipinski definition) is 3. The Hall–Kier alpha value is -1.09. The lowest BCUT2D eigenvalue weighted by Gasteiger charge is -2.32. The molecule has 1 fully saturated rings. The van der Waals surface area contributed by atoms with Crippen molar-refractivity contribution in [1.82, 2.24) is 4.98 Å². The minimum Gasteiger partial charge on any atom is -0.495 e. The zero-order chi connectivity index (χ0) is 13.7. The van der Waals surface area contributed by atoms with Crippen molar-refractivity contribution in [2.75, 3.05) is 7.11 Å². The first kappa shape index (κ1) is 14.3. The fourth-order valence-electron chi connectivity index (χ4n) is 3.29. The smallest absolute Gasteiger partial charge is 0.141 e. The Morgan fingerprint density at radius 1 is 1.37 bits per heavy atom. The molecule has 1 saturated carbocycles. The summed E-state index contributed by atoms with van der Waals surface area (Å²) in [6.07, 6.45) is 9.57. The molecule has 106 valence electrons. The van der Waals surface area contributed by atoms with Crippen LogP contribution in [0.15, 0.2) is 18.3 Å². The van der Waals surface area contributed by atoms with E-state index >= 15 is 0 Å². The highest BCUT2D eigenvalue weighted by atomic mass is 16.5. The van der Waals surface area contributed by atoms with Gasteiger partial charge < -0.3 is 10.5 Å². The molecular weight excluding hydrogens is 236 g/mol. The van der Waals surface area contributed by atoms with Crippen LogP contribution in [0.3, 0.4) is 0 Å². The van der Waals surface area contributed by atoms with Crippen LogP contribution in [0.5, 0.6) is 5.75 Å². The first-order chi connectivity index (χ1) is 9.26. The van der Waals surface area contributed by atoms with Gasteiger partial charge in [0.2, 0.25) is 0 Å². The molecule has 0 aromatic carbocycles. The van der Waals surface area contributed by atoms with E-state index in [0.717, 1.165) is 17.4 Å². The lowest BCUT2D eigenvalue weighted by atomic mass is 9.76. The van der Waals surface area contributed by atoms with Crippen LogP contribution in [0.1, 0.15) is 57.2 Å². The summed E-state index contributed by atoms with van der Waals surface area (Å²) in [5.74, 6) is 2.29. The summed E-state index contributed by atoms with van der Waals surface area (Å²) in [6, 6.07) is 3.86. The molecule has 3 heteroatoms. The molecule has 1 unspecified atom stereocenters. The van der Waals surface area contributed by atoms with Gasteiger partial charge in [-0.25, -0.2) is 0 Å². The second-order valence-electron chi connectivity index (χ2n) is 5.69. The van der Waals surface area contributed by atoms with Gasteiger partial charge in [0, 0.05) is 6.20 Å². The maximum Gasteiger partial charge on any atom is 0.141 e. The van der Waals surface area contributed by atoms with Crippen molar-refractivity contribution in [2.24, 2.45) is 17.6 Å². The maximum atomic E-state index is 6.42. The Labute approximate surface area is 116 Å². The van der Waals surface area contributed by atoms with Gasteiger partial charge in [-0.2, -0.15) is 0 Å². The first-order valence-electron chi connectivity index (χ1n) is 7.50. The fourth-order valence-corrected chi connectivity index (χ4v) is 3.29. The normalized spacial score (nSPS) is 25.0. The summed E-state index contributed by atoms with van der Waals surface area (Å²) in [5, 5.41) is 0. The Morgan fingerprint density at radius 2 is 2.11 bits per heavy atom. The Bertz CT molecular complexity index is 386. The number of methoxy groups -OCH3 is 1. The van der Waals surface area contributed by atoms with Gasteiger partial charge in [-0.3, -0.25) is 4.98 Å². The molecule has 2 rings (SSSR count). The molecule has 1 atom stereocenters. The molecule has 0 aliphatic heterocycles. The summed E-state index contributed by atoms with van der Waals surface area (Å²) in [5.41, 5.74) is 7.34. The van der Waals surface area contributed by atoms with Crippen molar-refractivity contribution in [3.63, 3.8) is 0 Å². The van der Waals surface area contributed by atoms with E-state index in [0.29, 0.717) is 5.92 Å². The molecule has 1 aromatic heterocycles. The molecule has 0 bridgehead atoms. The van der Waals surface area contributed by atoms with E-state index in [-0.39, 0.29) is 6.04 Å². The van der Waals surface area contributed by atoms with Gasteiger partial charge in [-0.05, 0) is 36.8 Å². The second kappa shape index (κ2) is 6.90. The highest BCUT2D eigenvalue weighted by Crippen LogP contribution is 2.38. The monoisotopic (exact) mass is 262 g/mol. The molecule has 0 radical (unpaired) electrons. The van der Waals surface area contributed by atoms with Crippen molar-refractivity contribution < 1.29 is 4.74 Å². The van der Waals surface area contributed by atoms with E-state index in [9.17, 15) is 0 Å². The molecule has 0 amide bonds. The molecule has 1 aliphatic carbocycles. The highest BCUT2D eigenvalue weighted by Gasteiger charge is 2.28. The van der Waals surface area contributed by atoms with Crippen molar-refractivity contribution in [3.05, 3.63) is 24.0 Å².